The van der Waals surface area contributed by atoms with Crippen molar-refractivity contribution in [1.82, 2.24) is 24.9 Å². The Bertz CT molecular complexity index is 996. The van der Waals surface area contributed by atoms with E-state index in [0.29, 0.717) is 5.82 Å². The number of nitrogens with zero attached hydrogens (tertiary/aromatic N) is 3. The van der Waals surface area contributed by atoms with Gasteiger partial charge in [-0.3, -0.25) is 14.3 Å². The summed E-state index contributed by atoms with van der Waals surface area (Å²) in [6.45, 7) is 3.97. The van der Waals surface area contributed by atoms with Crippen molar-refractivity contribution in [3.05, 3.63) is 35.2 Å². The van der Waals surface area contributed by atoms with E-state index in [4.69, 9.17) is 4.74 Å². The Morgan fingerprint density at radius 2 is 2.30 bits per heavy atom. The first-order valence-electron chi connectivity index (χ1n) is 10.2. The number of rotatable bonds is 7. The summed E-state index contributed by atoms with van der Waals surface area (Å²) in [7, 11) is 0. The summed E-state index contributed by atoms with van der Waals surface area (Å²) in [5, 5.41) is 14.8. The molecule has 3 aromatic rings. The zero-order valence-corrected chi connectivity index (χ0v) is 17.9. The predicted octanol–water partition coefficient (Wildman–Crippen LogP) is 3.46. The number of thiazole rings is 1. The van der Waals surface area contributed by atoms with Crippen LogP contribution in [0.15, 0.2) is 23.8 Å². The topological polar surface area (TPSA) is 113 Å². The van der Waals surface area contributed by atoms with E-state index < -0.39 is 0 Å². The molecule has 1 fully saturated rings. The van der Waals surface area contributed by atoms with E-state index in [1.807, 2.05) is 42.1 Å². The Kier molecular flexibility index (Phi) is 6.03. The molecule has 1 aliphatic rings. The van der Waals surface area contributed by atoms with Crippen molar-refractivity contribution < 1.29 is 14.3 Å². The third-order valence-electron chi connectivity index (χ3n) is 5.42. The zero-order valence-electron chi connectivity index (χ0n) is 17.1. The van der Waals surface area contributed by atoms with Crippen molar-refractivity contribution in [2.45, 2.75) is 64.0 Å². The van der Waals surface area contributed by atoms with Gasteiger partial charge in [0.15, 0.2) is 10.8 Å². The van der Waals surface area contributed by atoms with Gasteiger partial charge >= 0.3 is 6.09 Å². The summed E-state index contributed by atoms with van der Waals surface area (Å²) in [4.78, 5) is 29.5. The molecule has 0 aromatic carbocycles. The van der Waals surface area contributed by atoms with Gasteiger partial charge in [0.25, 0.3) is 0 Å². The van der Waals surface area contributed by atoms with Crippen LogP contribution in [-0.4, -0.2) is 43.7 Å². The average molecular weight is 431 g/mol. The monoisotopic (exact) mass is 430 g/mol. The van der Waals surface area contributed by atoms with Gasteiger partial charge in [0.2, 0.25) is 5.91 Å². The molecule has 0 radical (unpaired) electrons. The first-order valence-corrected chi connectivity index (χ1v) is 11.1. The van der Waals surface area contributed by atoms with Crippen LogP contribution in [0.25, 0.3) is 4.96 Å². The standard InChI is InChI=1S/C20H26N6O3S/c1-3-12(2)21-20(28)29-15-5-4-13(8-15)16-10-17(25-24-16)23-18(27)9-14-11-26-6-7-30-19(26)22-14/h6-7,10-13,15H,3-5,8-9H2,1-2H3,(H,21,28)(H2,23,24,25,27)/t12-,13-,15+/m0/s1. The molecule has 30 heavy (non-hydrogen) atoms. The Hall–Kier alpha value is -2.88. The minimum atomic E-state index is -0.355. The van der Waals surface area contributed by atoms with Crippen molar-refractivity contribution in [2.75, 3.05) is 5.32 Å². The number of carbonyl (C=O) groups excluding carboxylic acids is 2. The fourth-order valence-electron chi connectivity index (χ4n) is 3.64. The molecular weight excluding hydrogens is 404 g/mol. The first kappa shape index (κ1) is 20.4. The van der Waals surface area contributed by atoms with Gasteiger partial charge in [-0.15, -0.1) is 11.3 Å². The van der Waals surface area contributed by atoms with Crippen LogP contribution >= 0.6 is 11.3 Å². The third-order valence-corrected chi connectivity index (χ3v) is 6.20. The maximum atomic E-state index is 12.3. The highest BCUT2D eigenvalue weighted by Gasteiger charge is 2.30. The van der Waals surface area contributed by atoms with Crippen molar-refractivity contribution in [2.24, 2.45) is 0 Å². The lowest BCUT2D eigenvalue weighted by atomic mass is 10.0. The van der Waals surface area contributed by atoms with Crippen LogP contribution in [0, 0.1) is 0 Å². The van der Waals surface area contributed by atoms with E-state index in [1.165, 1.54) is 11.3 Å². The van der Waals surface area contributed by atoms with Gasteiger partial charge in [-0.1, -0.05) is 6.92 Å². The molecule has 4 rings (SSSR count). The molecule has 1 saturated carbocycles. The number of aromatic nitrogens is 4. The quantitative estimate of drug-likeness (QED) is 0.531. The summed E-state index contributed by atoms with van der Waals surface area (Å²) in [6, 6.07) is 1.96. The third kappa shape index (κ3) is 4.81. The number of hydrogen-bond acceptors (Lipinski definition) is 6. The number of alkyl carbamates (subject to hydrolysis) is 1. The van der Waals surface area contributed by atoms with Crippen LogP contribution in [0.4, 0.5) is 10.6 Å². The molecule has 2 amide bonds. The van der Waals surface area contributed by atoms with Gasteiger partial charge < -0.3 is 15.4 Å². The SMILES string of the molecule is CC[C@H](C)NC(=O)O[C@@H]1CC[C@H](c2cc(NC(=O)Cc3cn4ccsc4n3)n[nH]2)C1. The molecule has 0 bridgehead atoms. The summed E-state index contributed by atoms with van der Waals surface area (Å²) in [5.74, 6) is 0.563. The van der Waals surface area contributed by atoms with Gasteiger partial charge in [-0.25, -0.2) is 9.78 Å². The van der Waals surface area contributed by atoms with Crippen LogP contribution in [-0.2, 0) is 16.0 Å². The Morgan fingerprint density at radius 1 is 1.43 bits per heavy atom. The van der Waals surface area contributed by atoms with E-state index >= 15 is 0 Å². The zero-order chi connectivity index (χ0) is 21.1. The average Bonchev–Trinajstić information content (AvgIpc) is 3.45. The predicted molar refractivity (Wildman–Crippen MR) is 114 cm³/mol. The summed E-state index contributed by atoms with van der Waals surface area (Å²) in [5.41, 5.74) is 1.67. The van der Waals surface area contributed by atoms with E-state index in [2.05, 4.69) is 25.8 Å². The summed E-state index contributed by atoms with van der Waals surface area (Å²) < 4.78 is 7.43. The number of anilines is 1. The van der Waals surface area contributed by atoms with Crippen molar-refractivity contribution in [3.63, 3.8) is 0 Å². The van der Waals surface area contributed by atoms with Gasteiger partial charge in [0.1, 0.15) is 6.10 Å². The number of fused-ring (bicyclic) bond motifs is 1. The molecule has 10 heteroatoms. The Labute approximate surface area is 178 Å². The fraction of sp³-hybridized carbons (Fsp3) is 0.500. The maximum absolute atomic E-state index is 12.3. The number of carbonyl (C=O) groups is 2. The second-order valence-electron chi connectivity index (χ2n) is 7.75. The molecule has 3 atom stereocenters. The summed E-state index contributed by atoms with van der Waals surface area (Å²) in [6.07, 6.45) is 6.85. The molecule has 0 spiro atoms. The maximum Gasteiger partial charge on any atom is 0.407 e. The van der Waals surface area contributed by atoms with Crippen molar-refractivity contribution >= 4 is 34.1 Å². The van der Waals surface area contributed by atoms with Gasteiger partial charge in [-0.2, -0.15) is 5.10 Å². The molecule has 3 heterocycles. The highest BCUT2D eigenvalue weighted by molar-refractivity contribution is 7.15. The number of amides is 2. The highest BCUT2D eigenvalue weighted by atomic mass is 32.1. The Morgan fingerprint density at radius 3 is 3.10 bits per heavy atom. The molecule has 0 saturated heterocycles. The lowest BCUT2D eigenvalue weighted by molar-refractivity contribution is -0.115. The molecule has 0 aliphatic heterocycles. The normalized spacial score (nSPS) is 19.7. The first-order chi connectivity index (χ1) is 14.5. The number of ether oxygens (including phenoxy) is 1. The minimum Gasteiger partial charge on any atom is -0.446 e. The van der Waals surface area contributed by atoms with Gasteiger partial charge in [0.05, 0.1) is 12.1 Å². The van der Waals surface area contributed by atoms with Gasteiger partial charge in [-0.05, 0) is 32.6 Å². The summed E-state index contributed by atoms with van der Waals surface area (Å²) >= 11 is 1.53. The molecule has 3 N–H and O–H groups in total. The molecular formula is C20H26N6O3S. The number of H-pyrrole nitrogens is 1. The minimum absolute atomic E-state index is 0.102. The molecule has 1 aliphatic carbocycles. The fourth-order valence-corrected chi connectivity index (χ4v) is 4.36. The van der Waals surface area contributed by atoms with Gasteiger partial charge in [0, 0.05) is 41.5 Å². The van der Waals surface area contributed by atoms with Crippen LogP contribution in [0.1, 0.15) is 56.8 Å². The molecule has 0 unspecified atom stereocenters. The lowest BCUT2D eigenvalue weighted by Gasteiger charge is -2.16. The highest BCUT2D eigenvalue weighted by Crippen LogP contribution is 2.35. The molecule has 160 valence electrons. The number of hydrogen-bond donors (Lipinski definition) is 3. The van der Waals surface area contributed by atoms with E-state index in [9.17, 15) is 9.59 Å². The van der Waals surface area contributed by atoms with E-state index in [1.54, 1.807) is 0 Å². The second kappa shape index (κ2) is 8.86. The largest absolute Gasteiger partial charge is 0.446 e. The molecule has 3 aromatic heterocycles. The second-order valence-corrected chi connectivity index (χ2v) is 8.62. The van der Waals surface area contributed by atoms with E-state index in [-0.39, 0.29) is 36.5 Å². The van der Waals surface area contributed by atoms with Crippen LogP contribution < -0.4 is 10.6 Å². The van der Waals surface area contributed by atoms with E-state index in [0.717, 1.165) is 42.0 Å². The van der Waals surface area contributed by atoms with Crippen LogP contribution in [0.3, 0.4) is 0 Å². The lowest BCUT2D eigenvalue weighted by Crippen LogP contribution is -2.34. The number of aromatic amines is 1. The molecule has 9 nitrogen and oxygen atoms in total. The van der Waals surface area contributed by atoms with Crippen molar-refractivity contribution in [3.8, 4) is 0 Å². The number of imidazole rings is 1. The van der Waals surface area contributed by atoms with Crippen molar-refractivity contribution in [1.29, 1.82) is 0 Å². The number of nitrogens with one attached hydrogen (secondary N) is 3. The smallest absolute Gasteiger partial charge is 0.407 e. The van der Waals surface area contributed by atoms with Crippen LogP contribution in [0.5, 0.6) is 0 Å². The van der Waals surface area contributed by atoms with Crippen LogP contribution in [0.2, 0.25) is 0 Å². The Balaban J connectivity index is 1.27.